The van der Waals surface area contributed by atoms with Gasteiger partial charge in [-0.1, -0.05) is 12.1 Å². The van der Waals surface area contributed by atoms with E-state index in [0.29, 0.717) is 41.5 Å². The van der Waals surface area contributed by atoms with Crippen LogP contribution in [0.5, 0.6) is 17.2 Å². The topological polar surface area (TPSA) is 97.3 Å². The number of carbonyl (C=O) groups excluding carboxylic acids is 2. The van der Waals surface area contributed by atoms with Crippen molar-refractivity contribution in [1.29, 1.82) is 0 Å². The van der Waals surface area contributed by atoms with Gasteiger partial charge in [-0.25, -0.2) is 0 Å². The first-order chi connectivity index (χ1) is 14.8. The lowest BCUT2D eigenvalue weighted by atomic mass is 9.98. The Morgan fingerprint density at radius 1 is 1.10 bits per heavy atom. The molecule has 31 heavy (non-hydrogen) atoms. The molecule has 0 aliphatic carbocycles. The number of methoxy groups -OCH3 is 2. The van der Waals surface area contributed by atoms with Gasteiger partial charge in [-0.3, -0.25) is 9.59 Å². The molecule has 3 rings (SSSR count). The molecular weight excluding hydrogens is 400 g/mol. The predicted octanol–water partition coefficient (Wildman–Crippen LogP) is 2.71. The Balaban J connectivity index is 1.68. The monoisotopic (exact) mass is 428 g/mol. The smallest absolute Gasteiger partial charge is 0.262 e. The van der Waals surface area contributed by atoms with E-state index in [2.05, 4.69) is 5.32 Å². The second-order valence-corrected chi connectivity index (χ2v) is 7.82. The average Bonchev–Trinajstić information content (AvgIpc) is 3.04. The molecule has 0 saturated carbocycles. The number of carbonyl (C=O) groups is 2. The number of aliphatic hydroxyl groups is 1. The maximum Gasteiger partial charge on any atom is 0.262 e. The van der Waals surface area contributed by atoms with Gasteiger partial charge < -0.3 is 29.5 Å². The maximum atomic E-state index is 13.0. The van der Waals surface area contributed by atoms with Crippen LogP contribution < -0.4 is 19.5 Å². The van der Waals surface area contributed by atoms with Crippen molar-refractivity contribution >= 4 is 17.5 Å². The molecule has 0 spiro atoms. The fourth-order valence-electron chi connectivity index (χ4n) is 3.59. The molecule has 1 saturated heterocycles. The number of likely N-dealkylation sites (tertiary alicyclic amines) is 1. The zero-order chi connectivity index (χ0) is 22.6. The molecule has 0 aromatic heterocycles. The van der Waals surface area contributed by atoms with Crippen molar-refractivity contribution in [3.8, 4) is 17.2 Å². The summed E-state index contributed by atoms with van der Waals surface area (Å²) in [6.07, 6.45) is -0.0269. The zero-order valence-corrected chi connectivity index (χ0v) is 18.2. The molecule has 1 heterocycles. The van der Waals surface area contributed by atoms with Crippen molar-refractivity contribution in [1.82, 2.24) is 4.90 Å². The number of hydrogen-bond donors (Lipinski definition) is 2. The van der Waals surface area contributed by atoms with Crippen LogP contribution >= 0.6 is 0 Å². The van der Waals surface area contributed by atoms with Crippen LogP contribution in [0.3, 0.4) is 0 Å². The molecule has 1 atom stereocenters. The highest BCUT2D eigenvalue weighted by atomic mass is 16.5. The normalized spacial score (nSPS) is 17.2. The molecule has 1 aliphatic heterocycles. The summed E-state index contributed by atoms with van der Waals surface area (Å²) in [7, 11) is 2.99. The fraction of sp³-hybridized carbons (Fsp3) is 0.391. The van der Waals surface area contributed by atoms with Crippen LogP contribution in [0.1, 0.15) is 30.6 Å². The number of benzene rings is 2. The summed E-state index contributed by atoms with van der Waals surface area (Å²) in [4.78, 5) is 26.9. The third kappa shape index (κ3) is 4.74. The Hall–Kier alpha value is -3.26. The number of ether oxygens (including phenoxy) is 3. The molecule has 0 bridgehead atoms. The molecule has 8 heteroatoms. The lowest BCUT2D eigenvalue weighted by Crippen LogP contribution is -2.48. The number of rotatable bonds is 7. The van der Waals surface area contributed by atoms with E-state index in [1.807, 2.05) is 19.9 Å². The minimum Gasteiger partial charge on any atom is -0.495 e. The summed E-state index contributed by atoms with van der Waals surface area (Å²) < 4.78 is 16.2. The number of amides is 2. The quantitative estimate of drug-likeness (QED) is 0.704. The highest BCUT2D eigenvalue weighted by molar-refractivity contribution is 5.96. The molecule has 0 unspecified atom stereocenters. The van der Waals surface area contributed by atoms with Gasteiger partial charge in [0, 0.05) is 12.1 Å². The van der Waals surface area contributed by atoms with Crippen LogP contribution in [0.4, 0.5) is 5.69 Å². The van der Waals surface area contributed by atoms with Gasteiger partial charge in [-0.05, 0) is 50.6 Å². The molecule has 8 nitrogen and oxygen atoms in total. The standard InChI is InChI=1S/C23H28N2O6/c1-23(2)20(26)11-12-25(23)22(28)15-9-10-18(19(13-15)30-4)31-14-21(27)24-16-7-5-6-8-17(16)29-3/h5-10,13,20,26H,11-12,14H2,1-4H3,(H,24,27)/t20-/m1/s1. The molecule has 0 radical (unpaired) electrons. The molecule has 2 aromatic carbocycles. The number of anilines is 1. The van der Waals surface area contributed by atoms with Crippen LogP contribution in [-0.2, 0) is 4.79 Å². The van der Waals surface area contributed by atoms with Crippen molar-refractivity contribution in [3.05, 3.63) is 48.0 Å². The van der Waals surface area contributed by atoms with Crippen LogP contribution in [0.2, 0.25) is 0 Å². The van der Waals surface area contributed by atoms with Gasteiger partial charge in [-0.2, -0.15) is 0 Å². The average molecular weight is 428 g/mol. The van der Waals surface area contributed by atoms with Gasteiger partial charge in [0.1, 0.15) is 5.75 Å². The van der Waals surface area contributed by atoms with E-state index in [0.717, 1.165) is 0 Å². The van der Waals surface area contributed by atoms with Crippen molar-refractivity contribution in [2.24, 2.45) is 0 Å². The van der Waals surface area contributed by atoms with Gasteiger partial charge >= 0.3 is 0 Å². The summed E-state index contributed by atoms with van der Waals surface area (Å²) in [6.45, 7) is 3.93. The third-order valence-corrected chi connectivity index (χ3v) is 5.53. The van der Waals surface area contributed by atoms with Gasteiger partial charge in [0.2, 0.25) is 0 Å². The Kier molecular flexibility index (Phi) is 6.70. The molecule has 166 valence electrons. The molecule has 2 amide bonds. The first-order valence-electron chi connectivity index (χ1n) is 10.0. The van der Waals surface area contributed by atoms with Crippen molar-refractivity contribution < 1.29 is 28.9 Å². The van der Waals surface area contributed by atoms with Crippen molar-refractivity contribution in [2.75, 3.05) is 32.7 Å². The fourth-order valence-corrected chi connectivity index (χ4v) is 3.59. The van der Waals surface area contributed by atoms with E-state index < -0.39 is 11.6 Å². The third-order valence-electron chi connectivity index (χ3n) is 5.53. The molecule has 2 N–H and O–H groups in total. The number of nitrogens with one attached hydrogen (secondary N) is 1. The predicted molar refractivity (Wildman–Crippen MR) is 116 cm³/mol. The van der Waals surface area contributed by atoms with E-state index in [9.17, 15) is 14.7 Å². The van der Waals surface area contributed by atoms with Crippen LogP contribution in [0, 0.1) is 0 Å². The lowest BCUT2D eigenvalue weighted by molar-refractivity contribution is -0.118. The van der Waals surface area contributed by atoms with Crippen molar-refractivity contribution in [2.45, 2.75) is 31.9 Å². The first-order valence-corrected chi connectivity index (χ1v) is 10.0. The van der Waals surface area contributed by atoms with Gasteiger partial charge in [0.25, 0.3) is 11.8 Å². The van der Waals surface area contributed by atoms with Gasteiger partial charge in [0.05, 0.1) is 31.5 Å². The molecular formula is C23H28N2O6. The minimum atomic E-state index is -0.643. The Bertz CT molecular complexity index is 959. The number of para-hydroxylation sites is 2. The van der Waals surface area contributed by atoms with Gasteiger partial charge in [0.15, 0.2) is 18.1 Å². The highest BCUT2D eigenvalue weighted by Gasteiger charge is 2.43. The Morgan fingerprint density at radius 3 is 2.45 bits per heavy atom. The highest BCUT2D eigenvalue weighted by Crippen LogP contribution is 2.33. The summed E-state index contributed by atoms with van der Waals surface area (Å²) in [5, 5.41) is 12.9. The summed E-state index contributed by atoms with van der Waals surface area (Å²) in [6, 6.07) is 11.9. The maximum absolute atomic E-state index is 13.0. The first kappa shape index (κ1) is 22.4. The van der Waals surface area contributed by atoms with Crippen LogP contribution in [0.25, 0.3) is 0 Å². The Labute approximate surface area is 181 Å². The molecule has 2 aromatic rings. The Morgan fingerprint density at radius 2 is 1.81 bits per heavy atom. The second kappa shape index (κ2) is 9.26. The summed E-state index contributed by atoms with van der Waals surface area (Å²) in [5.74, 6) is 0.675. The molecule has 1 fully saturated rings. The van der Waals surface area contributed by atoms with E-state index in [4.69, 9.17) is 14.2 Å². The van der Waals surface area contributed by atoms with Crippen LogP contribution in [-0.4, -0.2) is 60.8 Å². The van der Waals surface area contributed by atoms with E-state index in [1.165, 1.54) is 14.2 Å². The van der Waals surface area contributed by atoms with E-state index >= 15 is 0 Å². The van der Waals surface area contributed by atoms with E-state index in [1.54, 1.807) is 41.3 Å². The largest absolute Gasteiger partial charge is 0.495 e. The number of aliphatic hydroxyl groups excluding tert-OH is 1. The van der Waals surface area contributed by atoms with E-state index in [-0.39, 0.29) is 18.4 Å². The number of hydrogen-bond acceptors (Lipinski definition) is 6. The summed E-state index contributed by atoms with van der Waals surface area (Å²) >= 11 is 0. The SMILES string of the molecule is COc1ccccc1NC(=O)COc1ccc(C(=O)N2CC[C@@H](O)C2(C)C)cc1OC. The number of nitrogens with zero attached hydrogens (tertiary/aromatic N) is 1. The lowest BCUT2D eigenvalue weighted by Gasteiger charge is -2.34. The summed E-state index contributed by atoms with van der Waals surface area (Å²) in [5.41, 5.74) is 0.322. The van der Waals surface area contributed by atoms with Gasteiger partial charge in [-0.15, -0.1) is 0 Å². The zero-order valence-electron chi connectivity index (χ0n) is 18.2. The minimum absolute atomic E-state index is 0.194. The van der Waals surface area contributed by atoms with Crippen LogP contribution in [0.15, 0.2) is 42.5 Å². The second-order valence-electron chi connectivity index (χ2n) is 7.82. The molecule has 1 aliphatic rings. The van der Waals surface area contributed by atoms with Crippen molar-refractivity contribution in [3.63, 3.8) is 0 Å².